The van der Waals surface area contributed by atoms with E-state index in [1.165, 1.54) is 11.8 Å². The molecule has 4 heteroatoms. The van der Waals surface area contributed by atoms with Crippen LogP contribution in [0, 0.1) is 0 Å². The molecule has 11 heavy (non-hydrogen) atoms. The molecule has 1 rings (SSSR count). The van der Waals surface area contributed by atoms with Crippen LogP contribution in [0.5, 0.6) is 0 Å². The predicted molar refractivity (Wildman–Crippen MR) is 38.9 cm³/mol. The molecule has 0 aromatic carbocycles. The van der Waals surface area contributed by atoms with E-state index in [0.29, 0.717) is 6.42 Å². The summed E-state index contributed by atoms with van der Waals surface area (Å²) >= 11 is 0. The summed E-state index contributed by atoms with van der Waals surface area (Å²) in [4.78, 5) is 12.4. The SMILES string of the molecule is CC(=O)N1[C@H](CO)C[C@@H]1CO. The molecule has 0 saturated carbocycles. The van der Waals surface area contributed by atoms with Crippen LogP contribution in [0.4, 0.5) is 0 Å². The van der Waals surface area contributed by atoms with Crippen LogP contribution in [0.25, 0.3) is 0 Å². The molecule has 0 aliphatic carbocycles. The normalized spacial score (nSPS) is 29.9. The van der Waals surface area contributed by atoms with Crippen molar-refractivity contribution in [2.24, 2.45) is 0 Å². The van der Waals surface area contributed by atoms with Gasteiger partial charge < -0.3 is 15.1 Å². The maximum absolute atomic E-state index is 10.9. The van der Waals surface area contributed by atoms with Crippen molar-refractivity contribution in [3.8, 4) is 0 Å². The third kappa shape index (κ3) is 1.36. The molecule has 1 fully saturated rings. The van der Waals surface area contributed by atoms with Gasteiger partial charge in [0.25, 0.3) is 0 Å². The number of nitrogens with zero attached hydrogens (tertiary/aromatic N) is 1. The van der Waals surface area contributed by atoms with E-state index < -0.39 is 0 Å². The molecule has 2 N–H and O–H groups in total. The van der Waals surface area contributed by atoms with Gasteiger partial charge in [0.2, 0.25) is 5.91 Å². The summed E-state index contributed by atoms with van der Waals surface area (Å²) in [6.45, 7) is 1.44. The number of carbonyl (C=O) groups excluding carboxylic acids is 1. The number of likely N-dealkylation sites (tertiary alicyclic amines) is 1. The fourth-order valence-electron chi connectivity index (χ4n) is 1.54. The van der Waals surface area contributed by atoms with Crippen LogP contribution < -0.4 is 0 Å². The summed E-state index contributed by atoms with van der Waals surface area (Å²) < 4.78 is 0. The maximum Gasteiger partial charge on any atom is 0.220 e. The van der Waals surface area contributed by atoms with Crippen molar-refractivity contribution in [1.82, 2.24) is 4.90 Å². The van der Waals surface area contributed by atoms with E-state index in [0.717, 1.165) is 0 Å². The molecule has 1 aliphatic heterocycles. The summed E-state index contributed by atoms with van der Waals surface area (Å²) in [6.07, 6.45) is 0.715. The van der Waals surface area contributed by atoms with Crippen LogP contribution in [0.1, 0.15) is 13.3 Å². The second-order valence-electron chi connectivity index (χ2n) is 2.83. The lowest BCUT2D eigenvalue weighted by Gasteiger charge is -2.46. The Morgan fingerprint density at radius 1 is 1.45 bits per heavy atom. The molecule has 0 spiro atoms. The third-order valence-corrected chi connectivity index (χ3v) is 2.12. The topological polar surface area (TPSA) is 60.8 Å². The van der Waals surface area contributed by atoms with Crippen molar-refractivity contribution >= 4 is 5.91 Å². The Labute approximate surface area is 65.4 Å². The number of hydrogen-bond acceptors (Lipinski definition) is 3. The first kappa shape index (κ1) is 8.49. The zero-order chi connectivity index (χ0) is 8.43. The van der Waals surface area contributed by atoms with Gasteiger partial charge in [0.15, 0.2) is 0 Å². The molecule has 64 valence electrons. The molecule has 1 aliphatic rings. The average Bonchev–Trinajstić information content (AvgIpc) is 1.86. The van der Waals surface area contributed by atoms with Gasteiger partial charge in [0.1, 0.15) is 0 Å². The number of carbonyl (C=O) groups is 1. The van der Waals surface area contributed by atoms with Crippen molar-refractivity contribution < 1.29 is 15.0 Å². The number of hydrogen-bond donors (Lipinski definition) is 2. The van der Waals surface area contributed by atoms with Gasteiger partial charge in [-0.3, -0.25) is 4.79 Å². The molecule has 0 aromatic rings. The largest absolute Gasteiger partial charge is 0.394 e. The standard InChI is InChI=1S/C7H13NO3/c1-5(11)8-6(3-9)2-7(8)4-10/h6-7,9-10H,2-4H2,1H3/t6-,7+. The van der Waals surface area contributed by atoms with Crippen molar-refractivity contribution in [2.45, 2.75) is 25.4 Å². The first-order valence-electron chi connectivity index (χ1n) is 3.71. The van der Waals surface area contributed by atoms with E-state index in [-0.39, 0.29) is 31.2 Å². The average molecular weight is 159 g/mol. The Kier molecular flexibility index (Phi) is 2.46. The number of aliphatic hydroxyl groups is 2. The van der Waals surface area contributed by atoms with Gasteiger partial charge in [-0.25, -0.2) is 0 Å². The van der Waals surface area contributed by atoms with E-state index in [9.17, 15) is 4.79 Å². The maximum atomic E-state index is 10.9. The summed E-state index contributed by atoms with van der Waals surface area (Å²) in [5.41, 5.74) is 0. The lowest BCUT2D eigenvalue weighted by molar-refractivity contribution is -0.147. The van der Waals surface area contributed by atoms with Gasteiger partial charge in [-0.2, -0.15) is 0 Å². The smallest absolute Gasteiger partial charge is 0.220 e. The molecule has 1 amide bonds. The molecule has 0 bridgehead atoms. The minimum atomic E-state index is -0.0747. The van der Waals surface area contributed by atoms with Crippen LogP contribution in [0.3, 0.4) is 0 Å². The van der Waals surface area contributed by atoms with Crippen molar-refractivity contribution in [3.63, 3.8) is 0 Å². The number of rotatable bonds is 2. The molecule has 1 saturated heterocycles. The van der Waals surface area contributed by atoms with Gasteiger partial charge in [0, 0.05) is 6.92 Å². The third-order valence-electron chi connectivity index (χ3n) is 2.12. The molecule has 0 aromatic heterocycles. The van der Waals surface area contributed by atoms with Gasteiger partial charge in [-0.1, -0.05) is 0 Å². The lowest BCUT2D eigenvalue weighted by atomic mass is 9.94. The van der Waals surface area contributed by atoms with Crippen LogP contribution in [0.15, 0.2) is 0 Å². The quantitative estimate of drug-likeness (QED) is 0.541. The molecule has 0 unspecified atom stereocenters. The van der Waals surface area contributed by atoms with E-state index in [1.807, 2.05) is 0 Å². The van der Waals surface area contributed by atoms with Crippen molar-refractivity contribution in [2.75, 3.05) is 13.2 Å². The Morgan fingerprint density at radius 2 is 1.91 bits per heavy atom. The van der Waals surface area contributed by atoms with Crippen LogP contribution in [-0.4, -0.2) is 46.3 Å². The predicted octanol–water partition coefficient (Wildman–Crippen LogP) is -1.04. The summed E-state index contributed by atoms with van der Waals surface area (Å²) in [7, 11) is 0. The monoisotopic (exact) mass is 159 g/mol. The van der Waals surface area contributed by atoms with Crippen LogP contribution in [0.2, 0.25) is 0 Å². The van der Waals surface area contributed by atoms with Crippen molar-refractivity contribution in [1.29, 1.82) is 0 Å². The second-order valence-corrected chi connectivity index (χ2v) is 2.83. The highest BCUT2D eigenvalue weighted by atomic mass is 16.3. The van der Waals surface area contributed by atoms with Gasteiger partial charge in [0.05, 0.1) is 25.3 Å². The molecule has 4 nitrogen and oxygen atoms in total. The molecule has 0 radical (unpaired) electrons. The summed E-state index contributed by atoms with van der Waals surface area (Å²) in [6, 6.07) is -0.130. The second kappa shape index (κ2) is 3.19. The highest BCUT2D eigenvalue weighted by molar-refractivity contribution is 5.75. The van der Waals surface area contributed by atoms with E-state index in [2.05, 4.69) is 0 Å². The van der Waals surface area contributed by atoms with Crippen LogP contribution >= 0.6 is 0 Å². The molecule has 2 atom stereocenters. The highest BCUT2D eigenvalue weighted by Crippen LogP contribution is 2.24. The first-order chi connectivity index (χ1) is 5.20. The minimum absolute atomic E-state index is 0.00389. The molecular formula is C7H13NO3. The van der Waals surface area contributed by atoms with E-state index in [4.69, 9.17) is 10.2 Å². The van der Waals surface area contributed by atoms with E-state index in [1.54, 1.807) is 0 Å². The first-order valence-corrected chi connectivity index (χ1v) is 3.71. The minimum Gasteiger partial charge on any atom is -0.394 e. The van der Waals surface area contributed by atoms with Gasteiger partial charge in [-0.05, 0) is 6.42 Å². The van der Waals surface area contributed by atoms with E-state index >= 15 is 0 Å². The number of aliphatic hydroxyl groups excluding tert-OH is 2. The Hall–Kier alpha value is -0.610. The Balaban J connectivity index is 2.49. The van der Waals surface area contributed by atoms with Gasteiger partial charge in [-0.15, -0.1) is 0 Å². The molecule has 1 heterocycles. The summed E-state index contributed by atoms with van der Waals surface area (Å²) in [5.74, 6) is -0.0747. The fraction of sp³-hybridized carbons (Fsp3) is 0.857. The zero-order valence-corrected chi connectivity index (χ0v) is 6.53. The zero-order valence-electron chi connectivity index (χ0n) is 6.53. The Morgan fingerprint density at radius 3 is 2.18 bits per heavy atom. The fourth-order valence-corrected chi connectivity index (χ4v) is 1.54. The lowest BCUT2D eigenvalue weighted by Crippen LogP contribution is -2.60. The van der Waals surface area contributed by atoms with Gasteiger partial charge >= 0.3 is 0 Å². The summed E-state index contributed by atoms with van der Waals surface area (Å²) in [5, 5.41) is 17.5. The Bertz CT molecular complexity index is 150. The molecular weight excluding hydrogens is 146 g/mol. The highest BCUT2D eigenvalue weighted by Gasteiger charge is 2.38. The van der Waals surface area contributed by atoms with Crippen molar-refractivity contribution in [3.05, 3.63) is 0 Å². The number of amides is 1. The van der Waals surface area contributed by atoms with Crippen LogP contribution in [-0.2, 0) is 4.79 Å².